The molecule has 3 rings (SSSR count). The number of aryl methyl sites for hydroxylation is 2. The van der Waals surface area contributed by atoms with Crippen molar-refractivity contribution >= 4 is 39.7 Å². The van der Waals surface area contributed by atoms with E-state index in [0.29, 0.717) is 5.69 Å². The van der Waals surface area contributed by atoms with Crippen LogP contribution in [0.2, 0.25) is 0 Å². The molecule has 2 aromatic carbocycles. The number of aromatic hydroxyl groups is 1. The normalized spacial score (nSPS) is 10.8. The van der Waals surface area contributed by atoms with Gasteiger partial charge in [-0.2, -0.15) is 4.39 Å². The lowest BCUT2D eigenvalue weighted by Gasteiger charge is -2.13. The molecule has 0 aliphatic carbocycles. The Kier molecular flexibility index (Phi) is 4.76. The number of nitrogens with zero attached hydrogens (tertiary/aromatic N) is 4. The first-order chi connectivity index (χ1) is 12.3. The number of anilines is 2. The standard InChI is InChI=1S/C16H13FIN5O3/c1-8-5-9(18)3-4-12(8)19-13-7-11(17)14(23(25)26)6-10(13)15-16(24)22(2)21-20-15/h3-7,19,24H,1-2H3. The molecule has 0 atom stereocenters. The first-order valence-corrected chi connectivity index (χ1v) is 8.46. The minimum atomic E-state index is -0.993. The van der Waals surface area contributed by atoms with Crippen LogP contribution in [0.3, 0.4) is 0 Å². The zero-order chi connectivity index (χ0) is 19.0. The van der Waals surface area contributed by atoms with Crippen molar-refractivity contribution < 1.29 is 14.4 Å². The quantitative estimate of drug-likeness (QED) is 0.341. The van der Waals surface area contributed by atoms with Crippen LogP contribution in [0.5, 0.6) is 5.88 Å². The van der Waals surface area contributed by atoms with Crippen LogP contribution in [0, 0.1) is 26.4 Å². The van der Waals surface area contributed by atoms with Gasteiger partial charge < -0.3 is 10.4 Å². The van der Waals surface area contributed by atoms with Crippen LogP contribution < -0.4 is 5.32 Å². The largest absolute Gasteiger partial charge is 0.492 e. The van der Waals surface area contributed by atoms with E-state index in [1.807, 2.05) is 25.1 Å². The third-order valence-electron chi connectivity index (χ3n) is 3.79. The number of nitrogens with one attached hydrogen (secondary N) is 1. The summed E-state index contributed by atoms with van der Waals surface area (Å²) in [6.45, 7) is 1.88. The summed E-state index contributed by atoms with van der Waals surface area (Å²) in [6.07, 6.45) is 0. The molecule has 0 aliphatic heterocycles. The second-order valence-electron chi connectivity index (χ2n) is 5.58. The molecular weight excluding hydrogens is 456 g/mol. The van der Waals surface area contributed by atoms with Crippen molar-refractivity contribution in [3.63, 3.8) is 0 Å². The summed E-state index contributed by atoms with van der Waals surface area (Å²) in [5.41, 5.74) is 1.30. The molecule has 0 spiro atoms. The highest BCUT2D eigenvalue weighted by molar-refractivity contribution is 14.1. The first kappa shape index (κ1) is 18.0. The summed E-state index contributed by atoms with van der Waals surface area (Å²) in [6, 6.07) is 7.67. The lowest BCUT2D eigenvalue weighted by atomic mass is 10.1. The SMILES string of the molecule is Cc1cc(I)ccc1Nc1cc(F)c([N+](=O)[O-])cc1-c1nnn(C)c1O. The van der Waals surface area contributed by atoms with Gasteiger partial charge in [-0.15, -0.1) is 5.10 Å². The van der Waals surface area contributed by atoms with Crippen LogP contribution in [-0.2, 0) is 7.05 Å². The Labute approximate surface area is 160 Å². The number of hydrogen-bond donors (Lipinski definition) is 2. The van der Waals surface area contributed by atoms with E-state index in [0.717, 1.165) is 25.9 Å². The fourth-order valence-electron chi connectivity index (χ4n) is 2.44. The molecule has 1 aromatic heterocycles. The number of halogens is 2. The molecule has 10 heteroatoms. The van der Waals surface area contributed by atoms with Gasteiger partial charge in [-0.05, 0) is 53.3 Å². The Morgan fingerprint density at radius 1 is 1.31 bits per heavy atom. The van der Waals surface area contributed by atoms with Crippen LogP contribution in [0.25, 0.3) is 11.3 Å². The Hall–Kier alpha value is -2.76. The van der Waals surface area contributed by atoms with E-state index in [-0.39, 0.29) is 22.8 Å². The van der Waals surface area contributed by atoms with E-state index in [9.17, 15) is 19.6 Å². The fourth-order valence-corrected chi connectivity index (χ4v) is 3.09. The number of nitro benzene ring substituents is 1. The highest BCUT2D eigenvalue weighted by atomic mass is 127. The molecule has 0 amide bonds. The minimum absolute atomic E-state index is 0.0151. The maximum atomic E-state index is 14.2. The van der Waals surface area contributed by atoms with Crippen molar-refractivity contribution in [2.75, 3.05) is 5.32 Å². The van der Waals surface area contributed by atoms with Crippen molar-refractivity contribution in [1.82, 2.24) is 15.0 Å². The summed E-state index contributed by atoms with van der Waals surface area (Å²) < 4.78 is 16.3. The molecule has 0 bridgehead atoms. The molecule has 0 unspecified atom stereocenters. The molecule has 0 fully saturated rings. The molecule has 0 radical (unpaired) electrons. The van der Waals surface area contributed by atoms with E-state index in [1.54, 1.807) is 0 Å². The Morgan fingerprint density at radius 3 is 2.62 bits per heavy atom. The van der Waals surface area contributed by atoms with Crippen LogP contribution in [0.4, 0.5) is 21.5 Å². The summed E-state index contributed by atoms with van der Waals surface area (Å²) in [7, 11) is 1.47. The van der Waals surface area contributed by atoms with Gasteiger partial charge >= 0.3 is 5.69 Å². The van der Waals surface area contributed by atoms with Gasteiger partial charge in [0.15, 0.2) is 5.69 Å². The van der Waals surface area contributed by atoms with Crippen molar-refractivity contribution in [3.05, 3.63) is 55.4 Å². The number of rotatable bonds is 4. The Morgan fingerprint density at radius 2 is 2.04 bits per heavy atom. The maximum absolute atomic E-state index is 14.2. The lowest BCUT2D eigenvalue weighted by molar-refractivity contribution is -0.387. The number of benzene rings is 2. The van der Waals surface area contributed by atoms with E-state index >= 15 is 0 Å². The van der Waals surface area contributed by atoms with E-state index in [2.05, 4.69) is 38.2 Å². The van der Waals surface area contributed by atoms with E-state index < -0.39 is 16.4 Å². The molecule has 0 saturated heterocycles. The molecule has 2 N–H and O–H groups in total. The summed E-state index contributed by atoms with van der Waals surface area (Å²) >= 11 is 2.18. The molecular formula is C16H13FIN5O3. The van der Waals surface area contributed by atoms with Crippen LogP contribution in [0.1, 0.15) is 5.56 Å². The second kappa shape index (κ2) is 6.86. The highest BCUT2D eigenvalue weighted by Crippen LogP contribution is 2.38. The summed E-state index contributed by atoms with van der Waals surface area (Å²) in [5.74, 6) is -1.28. The van der Waals surface area contributed by atoms with Gasteiger partial charge in [-0.3, -0.25) is 10.1 Å². The molecule has 26 heavy (non-hydrogen) atoms. The molecule has 0 aliphatic rings. The smallest absolute Gasteiger partial charge is 0.305 e. The zero-order valence-electron chi connectivity index (χ0n) is 13.7. The monoisotopic (exact) mass is 469 g/mol. The van der Waals surface area contributed by atoms with Crippen molar-refractivity contribution in [1.29, 1.82) is 0 Å². The average molecular weight is 469 g/mol. The third-order valence-corrected chi connectivity index (χ3v) is 4.46. The molecule has 1 heterocycles. The third kappa shape index (κ3) is 3.31. The number of hydrogen-bond acceptors (Lipinski definition) is 6. The molecule has 3 aromatic rings. The second-order valence-corrected chi connectivity index (χ2v) is 6.82. The van der Waals surface area contributed by atoms with E-state index in [1.165, 1.54) is 7.05 Å². The van der Waals surface area contributed by atoms with Gasteiger partial charge in [0.1, 0.15) is 0 Å². The molecule has 0 saturated carbocycles. The summed E-state index contributed by atoms with van der Waals surface area (Å²) in [4.78, 5) is 10.3. The van der Waals surface area contributed by atoms with Gasteiger partial charge in [0.05, 0.1) is 10.6 Å². The van der Waals surface area contributed by atoms with Crippen molar-refractivity contribution in [2.24, 2.45) is 7.05 Å². The van der Waals surface area contributed by atoms with Crippen molar-refractivity contribution in [2.45, 2.75) is 6.92 Å². The lowest BCUT2D eigenvalue weighted by Crippen LogP contribution is -2.00. The van der Waals surface area contributed by atoms with Gasteiger partial charge in [0.25, 0.3) is 0 Å². The van der Waals surface area contributed by atoms with Crippen molar-refractivity contribution in [3.8, 4) is 17.1 Å². The van der Waals surface area contributed by atoms with E-state index in [4.69, 9.17) is 0 Å². The van der Waals surface area contributed by atoms with Crippen LogP contribution in [-0.4, -0.2) is 25.0 Å². The Balaban J connectivity index is 2.18. The summed E-state index contributed by atoms with van der Waals surface area (Å²) in [5, 5.41) is 31.8. The first-order valence-electron chi connectivity index (χ1n) is 7.38. The van der Waals surface area contributed by atoms with Gasteiger partial charge in [0.2, 0.25) is 11.7 Å². The minimum Gasteiger partial charge on any atom is -0.492 e. The predicted octanol–water partition coefficient (Wildman–Crippen LogP) is 3.89. The highest BCUT2D eigenvalue weighted by Gasteiger charge is 2.23. The van der Waals surface area contributed by atoms with Gasteiger partial charge in [-0.1, -0.05) is 5.21 Å². The Bertz CT molecular complexity index is 1020. The zero-order valence-corrected chi connectivity index (χ0v) is 15.9. The average Bonchev–Trinajstić information content (AvgIpc) is 2.89. The predicted molar refractivity (Wildman–Crippen MR) is 102 cm³/mol. The fraction of sp³-hybridized carbons (Fsp3) is 0.125. The van der Waals surface area contributed by atoms with Crippen LogP contribution in [0.15, 0.2) is 30.3 Å². The molecule has 134 valence electrons. The number of nitro groups is 1. The topological polar surface area (TPSA) is 106 Å². The maximum Gasteiger partial charge on any atom is 0.305 e. The van der Waals surface area contributed by atoms with Gasteiger partial charge in [0, 0.05) is 34.0 Å². The van der Waals surface area contributed by atoms with Gasteiger partial charge in [-0.25, -0.2) is 4.68 Å². The van der Waals surface area contributed by atoms with Crippen LogP contribution >= 0.6 is 22.6 Å². The molecule has 8 nitrogen and oxygen atoms in total. The number of aromatic nitrogens is 3.